The van der Waals surface area contributed by atoms with Crippen LogP contribution >= 0.6 is 11.3 Å². The number of benzene rings is 2. The zero-order valence-corrected chi connectivity index (χ0v) is 18.0. The minimum absolute atomic E-state index is 0.205. The highest BCUT2D eigenvalue weighted by Crippen LogP contribution is 2.31. The zero-order chi connectivity index (χ0) is 21.3. The summed E-state index contributed by atoms with van der Waals surface area (Å²) in [6.07, 6.45) is 2.43. The molecule has 0 spiro atoms. The standard InChI is InChI=1S/C24H23N3O2S/c1-4-17-9-11-18(12-10-17)19-13-30-23-21(19)24(29)27(14-25-23)16(3)22(28)26-20-8-6-5-7-15(20)2/h5-14,16H,4H2,1-3H3,(H,26,28)/t16-/m1/s1. The number of thiophene rings is 1. The van der Waals surface area contributed by atoms with Gasteiger partial charge in [-0.3, -0.25) is 14.2 Å². The lowest BCUT2D eigenvalue weighted by atomic mass is 10.0. The van der Waals surface area contributed by atoms with Crippen LogP contribution in [0.25, 0.3) is 21.3 Å². The van der Waals surface area contributed by atoms with Crippen molar-refractivity contribution in [2.45, 2.75) is 33.2 Å². The van der Waals surface area contributed by atoms with Crippen molar-refractivity contribution in [3.63, 3.8) is 0 Å². The van der Waals surface area contributed by atoms with E-state index in [1.54, 1.807) is 6.92 Å². The molecule has 0 unspecified atom stereocenters. The van der Waals surface area contributed by atoms with E-state index in [4.69, 9.17) is 0 Å². The number of amides is 1. The third-order valence-corrected chi connectivity index (χ3v) is 6.28. The summed E-state index contributed by atoms with van der Waals surface area (Å²) in [6, 6.07) is 15.1. The summed E-state index contributed by atoms with van der Waals surface area (Å²) in [5.74, 6) is -0.253. The van der Waals surface area contributed by atoms with Gasteiger partial charge in [0.15, 0.2) is 0 Å². The molecule has 6 heteroatoms. The van der Waals surface area contributed by atoms with Crippen LogP contribution in [-0.4, -0.2) is 15.5 Å². The summed E-state index contributed by atoms with van der Waals surface area (Å²) >= 11 is 1.44. The minimum Gasteiger partial charge on any atom is -0.324 e. The van der Waals surface area contributed by atoms with Gasteiger partial charge < -0.3 is 5.32 Å². The molecule has 0 saturated carbocycles. The molecule has 0 saturated heterocycles. The van der Waals surface area contributed by atoms with Gasteiger partial charge in [0, 0.05) is 16.6 Å². The molecule has 0 aliphatic rings. The number of aromatic nitrogens is 2. The molecule has 0 aliphatic heterocycles. The van der Waals surface area contributed by atoms with Crippen LogP contribution in [0.2, 0.25) is 0 Å². The second-order valence-electron chi connectivity index (χ2n) is 7.32. The van der Waals surface area contributed by atoms with E-state index in [1.807, 2.05) is 48.7 Å². The zero-order valence-electron chi connectivity index (χ0n) is 17.2. The summed E-state index contributed by atoms with van der Waals surface area (Å²) < 4.78 is 1.41. The summed E-state index contributed by atoms with van der Waals surface area (Å²) in [5.41, 5.74) is 4.58. The number of anilines is 1. The molecule has 1 N–H and O–H groups in total. The molecule has 0 bridgehead atoms. The molecule has 4 rings (SSSR count). The summed E-state index contributed by atoms with van der Waals surface area (Å²) in [5, 5.41) is 5.43. The largest absolute Gasteiger partial charge is 0.324 e. The van der Waals surface area contributed by atoms with Crippen molar-refractivity contribution in [1.29, 1.82) is 0 Å². The van der Waals surface area contributed by atoms with Crippen LogP contribution in [0.5, 0.6) is 0 Å². The van der Waals surface area contributed by atoms with Crippen molar-refractivity contribution in [3.05, 3.63) is 81.7 Å². The first-order valence-corrected chi connectivity index (χ1v) is 10.8. The number of carbonyl (C=O) groups excluding carboxylic acids is 1. The van der Waals surface area contributed by atoms with E-state index < -0.39 is 6.04 Å². The third kappa shape index (κ3) is 3.66. The van der Waals surface area contributed by atoms with Crippen LogP contribution in [0.3, 0.4) is 0 Å². The fourth-order valence-corrected chi connectivity index (χ4v) is 4.34. The van der Waals surface area contributed by atoms with Crippen molar-refractivity contribution in [1.82, 2.24) is 9.55 Å². The quantitative estimate of drug-likeness (QED) is 0.486. The normalized spacial score (nSPS) is 12.1. The van der Waals surface area contributed by atoms with Crippen LogP contribution in [0.4, 0.5) is 5.69 Å². The van der Waals surface area contributed by atoms with E-state index >= 15 is 0 Å². The lowest BCUT2D eigenvalue weighted by molar-refractivity contribution is -0.118. The third-order valence-electron chi connectivity index (χ3n) is 5.39. The van der Waals surface area contributed by atoms with Crippen molar-refractivity contribution in [2.24, 2.45) is 0 Å². The van der Waals surface area contributed by atoms with Gasteiger partial charge >= 0.3 is 0 Å². The Morgan fingerprint density at radius 1 is 1.17 bits per heavy atom. The fraction of sp³-hybridized carbons (Fsp3) is 0.208. The number of rotatable bonds is 5. The Kier molecular flexibility index (Phi) is 5.50. The van der Waals surface area contributed by atoms with Gasteiger partial charge in [-0.25, -0.2) is 4.98 Å². The lowest BCUT2D eigenvalue weighted by Gasteiger charge is -2.16. The molecule has 2 aromatic heterocycles. The monoisotopic (exact) mass is 417 g/mol. The van der Waals surface area contributed by atoms with Crippen LogP contribution in [0.15, 0.2) is 65.0 Å². The maximum absolute atomic E-state index is 13.3. The number of aryl methyl sites for hydroxylation is 2. The van der Waals surface area contributed by atoms with Gasteiger partial charge in [0.2, 0.25) is 5.91 Å². The molecule has 4 aromatic rings. The summed E-state index contributed by atoms with van der Waals surface area (Å²) in [7, 11) is 0. The molecular weight excluding hydrogens is 394 g/mol. The Labute approximate surface area is 179 Å². The topological polar surface area (TPSA) is 64.0 Å². The second-order valence-corrected chi connectivity index (χ2v) is 8.18. The average Bonchev–Trinajstić information content (AvgIpc) is 3.20. The second kappa shape index (κ2) is 8.24. The summed E-state index contributed by atoms with van der Waals surface area (Å²) in [6.45, 7) is 5.76. The van der Waals surface area contributed by atoms with Gasteiger partial charge in [-0.1, -0.05) is 49.4 Å². The van der Waals surface area contributed by atoms with Gasteiger partial charge in [0.1, 0.15) is 10.9 Å². The van der Waals surface area contributed by atoms with E-state index in [2.05, 4.69) is 29.4 Å². The Morgan fingerprint density at radius 3 is 2.60 bits per heavy atom. The molecule has 2 aromatic carbocycles. The number of nitrogens with zero attached hydrogens (tertiary/aromatic N) is 2. The Balaban J connectivity index is 1.71. The number of para-hydroxylation sites is 1. The first-order valence-electron chi connectivity index (χ1n) is 9.93. The molecule has 1 atom stereocenters. The number of hydrogen-bond acceptors (Lipinski definition) is 4. The Bertz CT molecular complexity index is 1270. The SMILES string of the molecule is CCc1ccc(-c2csc3ncn([C@H](C)C(=O)Nc4ccccc4C)c(=O)c23)cc1. The molecule has 1 amide bonds. The highest BCUT2D eigenvalue weighted by Gasteiger charge is 2.20. The van der Waals surface area contributed by atoms with Crippen LogP contribution in [0, 0.1) is 6.92 Å². The molecular formula is C24H23N3O2S. The van der Waals surface area contributed by atoms with Crippen molar-refractivity contribution in [2.75, 3.05) is 5.32 Å². The number of carbonyl (C=O) groups is 1. The van der Waals surface area contributed by atoms with Gasteiger partial charge in [-0.05, 0) is 43.0 Å². The minimum atomic E-state index is -0.691. The van der Waals surface area contributed by atoms with E-state index in [0.717, 1.165) is 28.8 Å². The predicted molar refractivity (Wildman–Crippen MR) is 123 cm³/mol. The lowest BCUT2D eigenvalue weighted by Crippen LogP contribution is -2.31. The van der Waals surface area contributed by atoms with E-state index in [1.165, 1.54) is 27.8 Å². The predicted octanol–water partition coefficient (Wildman–Crippen LogP) is 5.20. The van der Waals surface area contributed by atoms with Gasteiger partial charge in [-0.2, -0.15) is 0 Å². The molecule has 0 aliphatic carbocycles. The van der Waals surface area contributed by atoms with E-state index in [-0.39, 0.29) is 11.5 Å². The molecule has 0 fully saturated rings. The van der Waals surface area contributed by atoms with Crippen molar-refractivity contribution >= 4 is 33.1 Å². The van der Waals surface area contributed by atoms with Gasteiger partial charge in [0.25, 0.3) is 5.56 Å². The molecule has 5 nitrogen and oxygen atoms in total. The highest BCUT2D eigenvalue weighted by molar-refractivity contribution is 7.17. The number of fused-ring (bicyclic) bond motifs is 1. The Hall–Kier alpha value is -3.25. The smallest absolute Gasteiger partial charge is 0.263 e. The van der Waals surface area contributed by atoms with Gasteiger partial charge in [0.05, 0.1) is 11.7 Å². The molecule has 0 radical (unpaired) electrons. The number of hydrogen-bond donors (Lipinski definition) is 1. The first kappa shape index (κ1) is 20.0. The maximum Gasteiger partial charge on any atom is 0.263 e. The number of nitrogens with one attached hydrogen (secondary N) is 1. The van der Waals surface area contributed by atoms with Gasteiger partial charge in [-0.15, -0.1) is 11.3 Å². The maximum atomic E-state index is 13.3. The van der Waals surface area contributed by atoms with Crippen LogP contribution < -0.4 is 10.9 Å². The first-order chi connectivity index (χ1) is 14.5. The van der Waals surface area contributed by atoms with E-state index in [9.17, 15) is 9.59 Å². The van der Waals surface area contributed by atoms with Crippen molar-refractivity contribution < 1.29 is 4.79 Å². The Morgan fingerprint density at radius 2 is 1.90 bits per heavy atom. The van der Waals surface area contributed by atoms with Crippen molar-refractivity contribution in [3.8, 4) is 11.1 Å². The average molecular weight is 418 g/mol. The highest BCUT2D eigenvalue weighted by atomic mass is 32.1. The summed E-state index contributed by atoms with van der Waals surface area (Å²) in [4.78, 5) is 31.3. The molecule has 30 heavy (non-hydrogen) atoms. The van der Waals surface area contributed by atoms with E-state index in [0.29, 0.717) is 10.2 Å². The van der Waals surface area contributed by atoms with Crippen LogP contribution in [0.1, 0.15) is 31.0 Å². The molecule has 2 heterocycles. The molecule has 152 valence electrons. The van der Waals surface area contributed by atoms with Crippen LogP contribution in [-0.2, 0) is 11.2 Å². The fourth-order valence-electron chi connectivity index (χ4n) is 3.43.